The minimum Gasteiger partial charge on any atom is -0.497 e. The zero-order chi connectivity index (χ0) is 22.2. The van der Waals surface area contributed by atoms with Crippen molar-refractivity contribution in [2.45, 2.75) is 38.5 Å². The molecule has 0 atom stereocenters. The Labute approximate surface area is 186 Å². The number of benzene rings is 2. The van der Waals surface area contributed by atoms with Crippen molar-refractivity contribution in [1.82, 2.24) is 14.9 Å². The van der Waals surface area contributed by atoms with Gasteiger partial charge >= 0.3 is 0 Å². The second kappa shape index (κ2) is 10.7. The van der Waals surface area contributed by atoms with Crippen molar-refractivity contribution < 1.29 is 14.3 Å². The molecule has 9 heteroatoms. The van der Waals surface area contributed by atoms with Gasteiger partial charge in [0.1, 0.15) is 18.1 Å². The highest BCUT2D eigenvalue weighted by Gasteiger charge is 2.15. The molecule has 3 rings (SSSR count). The first kappa shape index (κ1) is 22.5. The van der Waals surface area contributed by atoms with Gasteiger partial charge < -0.3 is 20.6 Å². The lowest BCUT2D eigenvalue weighted by Crippen LogP contribution is -2.19. The minimum absolute atomic E-state index is 0.113. The molecule has 3 N–H and O–H groups in total. The van der Waals surface area contributed by atoms with E-state index in [0.717, 1.165) is 29.7 Å². The van der Waals surface area contributed by atoms with Crippen LogP contribution in [0, 0.1) is 0 Å². The molecule has 0 unspecified atom stereocenters. The quantitative estimate of drug-likeness (QED) is 0.367. The Bertz CT molecular complexity index is 1020. The predicted molar refractivity (Wildman–Crippen MR) is 122 cm³/mol. The number of anilines is 1. The third-order valence-electron chi connectivity index (χ3n) is 4.74. The molecule has 0 bridgehead atoms. The summed E-state index contributed by atoms with van der Waals surface area (Å²) in [7, 11) is 1.60. The maximum absolute atomic E-state index is 12.5. The summed E-state index contributed by atoms with van der Waals surface area (Å²) in [6, 6.07) is 13.4. The van der Waals surface area contributed by atoms with E-state index in [1.54, 1.807) is 13.2 Å². The minimum atomic E-state index is -0.113. The van der Waals surface area contributed by atoms with Crippen molar-refractivity contribution in [2.24, 2.45) is 0 Å². The monoisotopic (exact) mass is 441 g/mol. The van der Waals surface area contributed by atoms with E-state index < -0.39 is 0 Å². The number of para-hydroxylation sites is 1. The van der Waals surface area contributed by atoms with E-state index in [4.69, 9.17) is 15.3 Å². The molecule has 0 fully saturated rings. The average Bonchev–Trinajstić information content (AvgIpc) is 3.15. The second-order valence-electron chi connectivity index (χ2n) is 6.73. The van der Waals surface area contributed by atoms with Crippen LogP contribution in [-0.4, -0.2) is 33.6 Å². The highest BCUT2D eigenvalue weighted by Crippen LogP contribution is 2.24. The van der Waals surface area contributed by atoms with Crippen LogP contribution >= 0.6 is 11.8 Å². The molecular formula is C22H27N5O3S. The number of nitrogens with two attached hydrogens (primary N) is 1. The summed E-state index contributed by atoms with van der Waals surface area (Å²) < 4.78 is 12.2. The van der Waals surface area contributed by atoms with Crippen LogP contribution in [0.4, 0.5) is 5.69 Å². The van der Waals surface area contributed by atoms with Crippen LogP contribution in [0.5, 0.6) is 11.5 Å². The highest BCUT2D eigenvalue weighted by molar-refractivity contribution is 7.99. The van der Waals surface area contributed by atoms with Gasteiger partial charge in [-0.3, -0.25) is 4.79 Å². The molecule has 8 nitrogen and oxygen atoms in total. The molecule has 2 aromatic carbocycles. The van der Waals surface area contributed by atoms with Gasteiger partial charge in [-0.15, -0.1) is 10.2 Å². The van der Waals surface area contributed by atoms with E-state index in [1.807, 2.05) is 36.4 Å². The fourth-order valence-electron chi connectivity index (χ4n) is 3.05. The van der Waals surface area contributed by atoms with Crippen molar-refractivity contribution in [3.05, 3.63) is 59.4 Å². The largest absolute Gasteiger partial charge is 0.497 e. The number of carbonyl (C=O) groups is 1. The smallest absolute Gasteiger partial charge is 0.234 e. The zero-order valence-corrected chi connectivity index (χ0v) is 18.7. The summed E-state index contributed by atoms with van der Waals surface area (Å²) in [5.41, 5.74) is 3.15. The second-order valence-corrected chi connectivity index (χ2v) is 7.67. The number of aromatic nitrogens is 3. The summed E-state index contributed by atoms with van der Waals surface area (Å²) in [6.07, 6.45) is 1.70. The van der Waals surface area contributed by atoms with Crippen molar-refractivity contribution in [1.29, 1.82) is 0 Å². The molecule has 3 aromatic rings. The number of nitrogen functional groups attached to an aromatic ring is 1. The number of ether oxygens (including phenoxy) is 2. The van der Waals surface area contributed by atoms with Gasteiger partial charge in [0, 0.05) is 11.8 Å². The van der Waals surface area contributed by atoms with Gasteiger partial charge in [-0.25, -0.2) is 4.68 Å². The maximum atomic E-state index is 12.5. The van der Waals surface area contributed by atoms with Crippen molar-refractivity contribution in [2.75, 3.05) is 24.0 Å². The first-order valence-electron chi connectivity index (χ1n) is 10.0. The Balaban J connectivity index is 1.58. The van der Waals surface area contributed by atoms with Gasteiger partial charge in [0.05, 0.1) is 12.9 Å². The van der Waals surface area contributed by atoms with Crippen LogP contribution < -0.4 is 20.6 Å². The number of nitrogens with zero attached hydrogens (tertiary/aromatic N) is 3. The van der Waals surface area contributed by atoms with Gasteiger partial charge in [-0.1, -0.05) is 49.9 Å². The third kappa shape index (κ3) is 5.69. The van der Waals surface area contributed by atoms with E-state index in [0.29, 0.717) is 22.5 Å². The van der Waals surface area contributed by atoms with Gasteiger partial charge in [0.2, 0.25) is 11.1 Å². The number of aryl methyl sites for hydroxylation is 2. The van der Waals surface area contributed by atoms with Crippen LogP contribution in [0.15, 0.2) is 47.6 Å². The van der Waals surface area contributed by atoms with Crippen molar-refractivity contribution >= 4 is 23.4 Å². The van der Waals surface area contributed by atoms with Crippen molar-refractivity contribution in [3.63, 3.8) is 0 Å². The lowest BCUT2D eigenvalue weighted by molar-refractivity contribution is -0.113. The van der Waals surface area contributed by atoms with Crippen molar-refractivity contribution in [3.8, 4) is 11.5 Å². The molecule has 0 aliphatic rings. The molecule has 0 spiro atoms. The topological polar surface area (TPSA) is 104 Å². The molecule has 0 aliphatic heterocycles. The summed E-state index contributed by atoms with van der Waals surface area (Å²) in [5, 5.41) is 11.6. The number of rotatable bonds is 10. The Morgan fingerprint density at radius 1 is 1.10 bits per heavy atom. The van der Waals surface area contributed by atoms with E-state index in [-0.39, 0.29) is 18.3 Å². The summed E-state index contributed by atoms with van der Waals surface area (Å²) in [4.78, 5) is 12.5. The van der Waals surface area contributed by atoms with Crippen LogP contribution in [0.1, 0.15) is 30.8 Å². The van der Waals surface area contributed by atoms with Crippen LogP contribution in [0.2, 0.25) is 0 Å². The van der Waals surface area contributed by atoms with Gasteiger partial charge in [0.25, 0.3) is 0 Å². The Kier molecular flexibility index (Phi) is 7.77. The molecular weight excluding hydrogens is 414 g/mol. The first-order chi connectivity index (χ1) is 15.0. The number of methoxy groups -OCH3 is 1. The maximum Gasteiger partial charge on any atom is 0.234 e. The fraction of sp³-hybridized carbons (Fsp3) is 0.318. The van der Waals surface area contributed by atoms with Crippen LogP contribution in [-0.2, 0) is 24.2 Å². The molecule has 0 radical (unpaired) electrons. The summed E-state index contributed by atoms with van der Waals surface area (Å²) in [6.45, 7) is 4.30. The van der Waals surface area contributed by atoms with Gasteiger partial charge in [-0.05, 0) is 36.1 Å². The number of thioether (sulfide) groups is 1. The molecule has 0 saturated heterocycles. The van der Waals surface area contributed by atoms with Gasteiger partial charge in [0.15, 0.2) is 5.82 Å². The molecule has 31 heavy (non-hydrogen) atoms. The SMILES string of the molecule is CCc1cccc(CC)c1NC(=O)CSc1nnc(COc2cccc(OC)c2)n1N. The van der Waals surface area contributed by atoms with Crippen LogP contribution in [0.25, 0.3) is 0 Å². The zero-order valence-electron chi connectivity index (χ0n) is 17.9. The molecule has 1 heterocycles. The molecule has 164 valence electrons. The predicted octanol–water partition coefficient (Wildman–Crippen LogP) is 3.44. The first-order valence-corrected chi connectivity index (χ1v) is 11.0. The highest BCUT2D eigenvalue weighted by atomic mass is 32.2. The lowest BCUT2D eigenvalue weighted by atomic mass is 10.0. The molecule has 0 saturated carbocycles. The third-order valence-corrected chi connectivity index (χ3v) is 5.68. The Hall–Kier alpha value is -3.20. The molecule has 1 amide bonds. The number of carbonyl (C=O) groups excluding carboxylic acids is 1. The number of hydrogen-bond donors (Lipinski definition) is 2. The van der Waals surface area contributed by atoms with E-state index in [9.17, 15) is 4.79 Å². The average molecular weight is 442 g/mol. The molecule has 1 aromatic heterocycles. The normalized spacial score (nSPS) is 10.7. The summed E-state index contributed by atoms with van der Waals surface area (Å²) in [5.74, 6) is 7.94. The number of amides is 1. The van der Waals surface area contributed by atoms with Gasteiger partial charge in [-0.2, -0.15) is 0 Å². The summed E-state index contributed by atoms with van der Waals surface area (Å²) >= 11 is 1.23. The lowest BCUT2D eigenvalue weighted by Gasteiger charge is -2.14. The molecule has 0 aliphatic carbocycles. The van der Waals surface area contributed by atoms with E-state index in [2.05, 4.69) is 29.4 Å². The Morgan fingerprint density at radius 3 is 2.45 bits per heavy atom. The van der Waals surface area contributed by atoms with E-state index >= 15 is 0 Å². The number of hydrogen-bond acceptors (Lipinski definition) is 7. The Morgan fingerprint density at radius 2 is 1.77 bits per heavy atom. The number of nitrogens with one attached hydrogen (secondary N) is 1. The standard InChI is InChI=1S/C22H27N5O3S/c1-4-15-8-6-9-16(5-2)21(15)24-20(28)14-31-22-26-25-19(27(22)23)13-30-18-11-7-10-17(12-18)29-3/h6-12H,4-5,13-14,23H2,1-3H3,(H,24,28). The fourth-order valence-corrected chi connectivity index (χ4v) is 3.73. The van der Waals surface area contributed by atoms with E-state index in [1.165, 1.54) is 16.4 Å². The van der Waals surface area contributed by atoms with Crippen LogP contribution in [0.3, 0.4) is 0 Å².